The molecule has 20 heavy (non-hydrogen) atoms. The van der Waals surface area contributed by atoms with Gasteiger partial charge in [-0.1, -0.05) is 12.2 Å². The normalized spacial score (nSPS) is 23.7. The van der Waals surface area contributed by atoms with E-state index in [0.717, 1.165) is 0 Å². The van der Waals surface area contributed by atoms with Gasteiger partial charge < -0.3 is 29.6 Å². The summed E-state index contributed by atoms with van der Waals surface area (Å²) in [7, 11) is 4.45. The van der Waals surface area contributed by atoms with E-state index in [1.807, 2.05) is 0 Å². The lowest BCUT2D eigenvalue weighted by molar-refractivity contribution is -0.874. The Bertz CT molecular complexity index is 319. The quantitative estimate of drug-likeness (QED) is 0.346. The topological polar surface area (TPSA) is 89.1 Å². The van der Waals surface area contributed by atoms with Crippen LogP contribution in [0.15, 0.2) is 24.3 Å². The molecule has 2 aliphatic heterocycles. The highest BCUT2D eigenvalue weighted by atomic mass is 16.4. The summed E-state index contributed by atoms with van der Waals surface area (Å²) < 4.78 is 0. The van der Waals surface area contributed by atoms with Gasteiger partial charge in [0, 0.05) is 12.8 Å². The average molecular weight is 284 g/mol. The zero-order valence-electron chi connectivity index (χ0n) is 12.2. The van der Waals surface area contributed by atoms with Gasteiger partial charge in [0.15, 0.2) is 0 Å². The van der Waals surface area contributed by atoms with Crippen LogP contribution in [0.5, 0.6) is 0 Å². The standard InChI is InChI=1S/2C6H11N.C2H2O4/c2*1-7-5-3-2-4-6-7;3-1(4)2(5)6/h2*2-3H,4-6H2,1H3;(H,3,4)(H,5,6). The van der Waals surface area contributed by atoms with Gasteiger partial charge >= 0.3 is 0 Å². The van der Waals surface area contributed by atoms with Crippen LogP contribution in [0.25, 0.3) is 0 Å². The van der Waals surface area contributed by atoms with Crippen molar-refractivity contribution in [2.24, 2.45) is 0 Å². The lowest BCUT2D eigenvalue weighted by Gasteiger charge is -2.12. The van der Waals surface area contributed by atoms with Crippen LogP contribution in [0, 0.1) is 0 Å². The van der Waals surface area contributed by atoms with Crippen molar-refractivity contribution >= 4 is 11.9 Å². The molecule has 0 aromatic carbocycles. The maximum absolute atomic E-state index is 8.93. The zero-order chi connectivity index (χ0) is 15.4. The van der Waals surface area contributed by atoms with E-state index in [4.69, 9.17) is 19.8 Å². The number of hydrogen-bond donors (Lipinski definition) is 2. The molecule has 2 heterocycles. The number of likely N-dealkylation sites (N-methyl/N-ethyl adjacent to an activating group) is 2. The largest absolute Gasteiger partial charge is 0.543 e. The Labute approximate surface area is 120 Å². The summed E-state index contributed by atoms with van der Waals surface area (Å²) in [6.45, 7) is 5.08. The van der Waals surface area contributed by atoms with Crippen LogP contribution in [0.3, 0.4) is 0 Å². The number of carbonyl (C=O) groups excluding carboxylic acids is 2. The van der Waals surface area contributed by atoms with Gasteiger partial charge in [0.25, 0.3) is 0 Å². The van der Waals surface area contributed by atoms with E-state index in [9.17, 15) is 0 Å². The van der Waals surface area contributed by atoms with E-state index in [1.165, 1.54) is 39.0 Å². The summed E-state index contributed by atoms with van der Waals surface area (Å²) in [5.74, 6) is -4.37. The first-order valence-corrected chi connectivity index (χ1v) is 6.78. The van der Waals surface area contributed by atoms with Crippen molar-refractivity contribution in [3.8, 4) is 0 Å². The highest BCUT2D eigenvalue weighted by Crippen LogP contribution is 1.80. The third-order valence-electron chi connectivity index (χ3n) is 2.91. The molecule has 0 saturated carbocycles. The molecule has 114 valence electrons. The van der Waals surface area contributed by atoms with E-state index in [0.29, 0.717) is 0 Å². The van der Waals surface area contributed by atoms with Crippen molar-refractivity contribution in [3.05, 3.63) is 24.3 Å². The van der Waals surface area contributed by atoms with E-state index < -0.39 is 11.9 Å². The minimum absolute atomic E-state index is 1.22. The van der Waals surface area contributed by atoms with Crippen molar-refractivity contribution in [1.82, 2.24) is 0 Å². The van der Waals surface area contributed by atoms with Crippen LogP contribution < -0.4 is 20.0 Å². The molecule has 2 N–H and O–H groups in total. The summed E-state index contributed by atoms with van der Waals surface area (Å²) in [4.78, 5) is 21.1. The Morgan fingerprint density at radius 1 is 0.800 bits per heavy atom. The molecule has 0 spiro atoms. The smallest absolute Gasteiger partial charge is 0.0956 e. The number of carboxylic acid groups (broad SMARTS) is 2. The molecule has 0 fully saturated rings. The van der Waals surface area contributed by atoms with Gasteiger partial charge in [-0.3, -0.25) is 0 Å². The second kappa shape index (κ2) is 11.2. The van der Waals surface area contributed by atoms with Gasteiger partial charge in [-0.15, -0.1) is 0 Å². The fraction of sp³-hybridized carbons (Fsp3) is 0.571. The van der Waals surface area contributed by atoms with Gasteiger partial charge in [-0.25, -0.2) is 0 Å². The maximum Gasteiger partial charge on any atom is 0.0956 e. The molecule has 0 bridgehead atoms. The predicted octanol–water partition coefficient (Wildman–Crippen LogP) is -4.59. The Hall–Kier alpha value is -1.66. The van der Waals surface area contributed by atoms with Gasteiger partial charge in [0.05, 0.1) is 52.2 Å². The SMILES string of the molecule is C[NH+]1CC=CCC1.C[NH+]1CC=CCC1.O=C([O-])C(=O)[O-]. The Morgan fingerprint density at radius 3 is 1.25 bits per heavy atom. The number of rotatable bonds is 0. The summed E-state index contributed by atoms with van der Waals surface area (Å²) in [6, 6.07) is 0. The van der Waals surface area contributed by atoms with Crippen molar-refractivity contribution in [2.75, 3.05) is 40.3 Å². The number of aliphatic carboxylic acids is 2. The summed E-state index contributed by atoms with van der Waals surface area (Å²) >= 11 is 0. The van der Waals surface area contributed by atoms with E-state index in [-0.39, 0.29) is 0 Å². The van der Waals surface area contributed by atoms with Gasteiger partial charge in [-0.2, -0.15) is 0 Å². The minimum Gasteiger partial charge on any atom is -0.543 e. The average Bonchev–Trinajstić information content (AvgIpc) is 2.42. The number of quaternary nitrogens is 2. The van der Waals surface area contributed by atoms with Gasteiger partial charge in [-0.05, 0) is 12.2 Å². The number of carboxylic acids is 2. The summed E-state index contributed by atoms with van der Waals surface area (Å²) in [6.07, 6.45) is 11.6. The molecular formula is C14H24N2O4. The Balaban J connectivity index is 0.000000272. The third-order valence-corrected chi connectivity index (χ3v) is 2.91. The second-order valence-corrected chi connectivity index (χ2v) is 4.92. The molecule has 2 rings (SSSR count). The maximum atomic E-state index is 8.93. The van der Waals surface area contributed by atoms with Crippen LogP contribution in [-0.2, 0) is 9.59 Å². The fourth-order valence-electron chi connectivity index (χ4n) is 1.67. The fourth-order valence-corrected chi connectivity index (χ4v) is 1.67. The summed E-state index contributed by atoms with van der Waals surface area (Å²) in [5, 5.41) is 17.9. The molecule has 0 aromatic heterocycles. The molecule has 0 amide bonds. The number of hydrogen-bond acceptors (Lipinski definition) is 4. The molecule has 6 nitrogen and oxygen atoms in total. The minimum atomic E-state index is -2.19. The monoisotopic (exact) mass is 284 g/mol. The first-order chi connectivity index (χ1) is 9.43. The number of carbonyl (C=O) groups is 2. The molecule has 2 unspecified atom stereocenters. The molecule has 0 radical (unpaired) electrons. The van der Waals surface area contributed by atoms with E-state index >= 15 is 0 Å². The predicted molar refractivity (Wildman–Crippen MR) is 70.8 cm³/mol. The lowest BCUT2D eigenvalue weighted by Crippen LogP contribution is -3.09. The molecule has 2 atom stereocenters. The first-order valence-electron chi connectivity index (χ1n) is 6.78. The van der Waals surface area contributed by atoms with Crippen LogP contribution in [0.2, 0.25) is 0 Å². The van der Waals surface area contributed by atoms with Crippen molar-refractivity contribution in [1.29, 1.82) is 0 Å². The molecule has 0 aliphatic carbocycles. The summed E-state index contributed by atoms with van der Waals surface area (Å²) in [5.41, 5.74) is 0. The second-order valence-electron chi connectivity index (χ2n) is 4.92. The Morgan fingerprint density at radius 2 is 1.15 bits per heavy atom. The van der Waals surface area contributed by atoms with Crippen LogP contribution >= 0.6 is 0 Å². The molecule has 0 aromatic rings. The van der Waals surface area contributed by atoms with Gasteiger partial charge in [0.2, 0.25) is 0 Å². The van der Waals surface area contributed by atoms with Crippen molar-refractivity contribution in [3.63, 3.8) is 0 Å². The highest BCUT2D eigenvalue weighted by Gasteiger charge is 2.00. The zero-order valence-corrected chi connectivity index (χ0v) is 12.2. The highest BCUT2D eigenvalue weighted by molar-refractivity contribution is 6.25. The van der Waals surface area contributed by atoms with E-state index in [1.54, 1.807) is 9.80 Å². The first kappa shape index (κ1) is 18.3. The van der Waals surface area contributed by atoms with Crippen LogP contribution in [0.4, 0.5) is 0 Å². The van der Waals surface area contributed by atoms with Crippen LogP contribution in [-0.4, -0.2) is 52.2 Å². The number of nitrogens with one attached hydrogen (secondary N) is 2. The van der Waals surface area contributed by atoms with Crippen molar-refractivity contribution in [2.45, 2.75) is 12.8 Å². The molecule has 2 aliphatic rings. The molecule has 0 saturated heterocycles. The molecule has 6 heteroatoms. The van der Waals surface area contributed by atoms with Gasteiger partial charge in [0.1, 0.15) is 0 Å². The third kappa shape index (κ3) is 11.4. The van der Waals surface area contributed by atoms with Crippen LogP contribution in [0.1, 0.15) is 12.8 Å². The molecular weight excluding hydrogens is 260 g/mol. The Kier molecular flexibility index (Phi) is 10.3. The van der Waals surface area contributed by atoms with E-state index in [2.05, 4.69) is 38.4 Å². The lowest BCUT2D eigenvalue weighted by atomic mass is 10.3. The van der Waals surface area contributed by atoms with Crippen molar-refractivity contribution < 1.29 is 29.6 Å².